The van der Waals surface area contributed by atoms with E-state index in [1.807, 2.05) is 12.2 Å². The standard InChI is InChI=1S/C26H28F2N8O8P2S2/c27-17-21(43-45(39)47)15(7-37)41-25(17)35-11-33-19-13(29-9-31-23(19)35)5-3-1-2-4-6-14-20-24(32-10-30-14)36(12-34-20)26-18(28)22(44-46(40)48)16(8-38)42-26/h1-2,9-12,15-18,21-22,25-26,37-38H,3-8H2/p+2/b2-1+/t15-,16-,17-,18-,21-,22-,25-,26-/m1/s1. The number of hydrogen-bond acceptors (Lipinski definition) is 14. The molecule has 2 fully saturated rings. The molecule has 2 aliphatic heterocycles. The molecule has 2 aliphatic rings. The fourth-order valence-electron chi connectivity index (χ4n) is 5.80. The fourth-order valence-corrected chi connectivity index (χ4v) is 7.38. The minimum absolute atomic E-state index is 0.339. The average Bonchev–Trinajstić information content (AvgIpc) is 3.83. The number of hydrogen-bond donors (Lipinski definition) is 4. The van der Waals surface area contributed by atoms with Gasteiger partial charge in [-0.15, -0.1) is 9.05 Å². The molecule has 10 atom stereocenters. The molecule has 4 aromatic heterocycles. The number of aromatic nitrogens is 8. The monoisotopic (exact) mass is 746 g/mol. The highest BCUT2D eigenvalue weighted by atomic mass is 32.7. The first kappa shape index (κ1) is 35.2. The molecule has 4 aromatic rings. The van der Waals surface area contributed by atoms with Crippen LogP contribution >= 0.6 is 39.0 Å². The van der Waals surface area contributed by atoms with Crippen molar-refractivity contribution in [2.75, 3.05) is 13.2 Å². The largest absolute Gasteiger partial charge is 0.582 e. The number of allylic oxidation sites excluding steroid dienone is 2. The lowest BCUT2D eigenvalue weighted by Gasteiger charge is -2.15. The van der Waals surface area contributed by atoms with Gasteiger partial charge in [0.15, 0.2) is 48.3 Å². The van der Waals surface area contributed by atoms with Gasteiger partial charge in [0.05, 0.1) is 37.3 Å². The molecule has 6 heterocycles. The van der Waals surface area contributed by atoms with Crippen LogP contribution in [0.4, 0.5) is 8.78 Å². The minimum atomic E-state index is -2.42. The molecule has 16 nitrogen and oxygen atoms in total. The average molecular weight is 747 g/mol. The van der Waals surface area contributed by atoms with Gasteiger partial charge in [0, 0.05) is 0 Å². The summed E-state index contributed by atoms with van der Waals surface area (Å²) in [5, 5.41) is 19.2. The van der Waals surface area contributed by atoms with Crippen LogP contribution in [0.25, 0.3) is 22.3 Å². The van der Waals surface area contributed by atoms with Crippen LogP contribution in [0.5, 0.6) is 0 Å². The number of alkyl halides is 2. The molecule has 48 heavy (non-hydrogen) atoms. The first-order valence-electron chi connectivity index (χ1n) is 14.7. The number of halogens is 2. The molecule has 0 amide bonds. The van der Waals surface area contributed by atoms with Crippen LogP contribution in [0, 0.1) is 0 Å². The van der Waals surface area contributed by atoms with Crippen molar-refractivity contribution in [1.29, 1.82) is 0 Å². The smallest absolute Gasteiger partial charge is 0.394 e. The summed E-state index contributed by atoms with van der Waals surface area (Å²) in [6, 6.07) is 0. The van der Waals surface area contributed by atoms with E-state index < -0.39 is 76.9 Å². The van der Waals surface area contributed by atoms with Crippen LogP contribution in [0.2, 0.25) is 0 Å². The Bertz CT molecular complexity index is 1700. The maximum atomic E-state index is 15.3. The topological polar surface area (TPSA) is 199 Å². The van der Waals surface area contributed by atoms with E-state index in [2.05, 4.69) is 54.4 Å². The predicted molar refractivity (Wildman–Crippen MR) is 171 cm³/mol. The molecule has 0 bridgehead atoms. The Balaban J connectivity index is 1.07. The summed E-state index contributed by atoms with van der Waals surface area (Å²) in [5.74, 6) is 0. The molecule has 2 unspecified atom stereocenters. The van der Waals surface area contributed by atoms with Gasteiger partial charge in [-0.3, -0.25) is 9.13 Å². The molecule has 256 valence electrons. The third-order valence-electron chi connectivity index (χ3n) is 8.00. The van der Waals surface area contributed by atoms with Gasteiger partial charge in [0.25, 0.3) is 0 Å². The summed E-state index contributed by atoms with van der Waals surface area (Å²) in [5.41, 5.74) is 2.89. The number of aliphatic hydroxyl groups is 2. The van der Waals surface area contributed by atoms with Gasteiger partial charge in [-0.2, -0.15) is 0 Å². The Morgan fingerprint density at radius 3 is 1.54 bits per heavy atom. The Hall–Kier alpha value is -2.64. The van der Waals surface area contributed by atoms with Crippen molar-refractivity contribution in [3.8, 4) is 0 Å². The summed E-state index contributed by atoms with van der Waals surface area (Å²) in [4.78, 5) is 26.0. The lowest BCUT2D eigenvalue weighted by Crippen LogP contribution is -2.31. The van der Waals surface area contributed by atoms with E-state index in [9.17, 15) is 19.3 Å². The molecular formula is C26H30F2N8O8P2S2+2. The van der Waals surface area contributed by atoms with E-state index >= 15 is 8.78 Å². The van der Waals surface area contributed by atoms with Crippen molar-refractivity contribution in [2.45, 2.75) is 74.9 Å². The van der Waals surface area contributed by atoms with Crippen molar-refractivity contribution >= 4 is 61.3 Å². The summed E-state index contributed by atoms with van der Waals surface area (Å²) in [6.45, 7) is -1.08. The molecule has 2 saturated heterocycles. The van der Waals surface area contributed by atoms with Crippen LogP contribution in [-0.4, -0.2) is 99.2 Å². The van der Waals surface area contributed by atoms with Crippen LogP contribution in [0.15, 0.2) is 37.5 Å². The van der Waals surface area contributed by atoms with Crippen molar-refractivity contribution in [2.24, 2.45) is 0 Å². The third kappa shape index (κ3) is 7.14. The van der Waals surface area contributed by atoms with Crippen LogP contribution in [-0.2, 0) is 40.5 Å². The zero-order valence-electron chi connectivity index (χ0n) is 24.8. The van der Waals surface area contributed by atoms with E-state index in [1.165, 1.54) is 34.4 Å². The predicted octanol–water partition coefficient (Wildman–Crippen LogP) is 3.49. The maximum Gasteiger partial charge on any atom is 0.582 e. The molecular weight excluding hydrogens is 716 g/mol. The lowest BCUT2D eigenvalue weighted by atomic mass is 10.1. The van der Waals surface area contributed by atoms with Gasteiger partial charge in [-0.1, -0.05) is 12.2 Å². The maximum absolute atomic E-state index is 15.3. The SMILES string of the molecule is O=[P+](S)O[C@H]1[C@@H](F)[C@H](n2cnc3c(CC/C=C/CCc4ncnc5c4ncn5[C@@H]4O[C@H](CO)[C@@H](O[P+](=O)S)[C@H]4F)ncnc32)O[C@@H]1CO. The molecule has 0 aromatic carbocycles. The van der Waals surface area contributed by atoms with Gasteiger partial charge in [0.1, 0.15) is 60.4 Å². The number of thiol groups is 2. The summed E-state index contributed by atoms with van der Waals surface area (Å²) >= 11 is 7.37. The number of nitrogens with zero attached hydrogens (tertiary/aromatic N) is 8. The summed E-state index contributed by atoms with van der Waals surface area (Å²) < 4.78 is 77.6. The van der Waals surface area contributed by atoms with Crippen LogP contribution < -0.4 is 0 Å². The zero-order valence-corrected chi connectivity index (χ0v) is 28.4. The summed E-state index contributed by atoms with van der Waals surface area (Å²) in [6.07, 6.45) is 1.10. The second-order valence-electron chi connectivity index (χ2n) is 10.8. The summed E-state index contributed by atoms with van der Waals surface area (Å²) in [7, 11) is -4.84. The van der Waals surface area contributed by atoms with Crippen molar-refractivity contribution < 1.29 is 46.6 Å². The molecule has 0 saturated carbocycles. The number of ether oxygens (including phenoxy) is 2. The quantitative estimate of drug-likeness (QED) is 0.0831. The fraction of sp³-hybridized carbons (Fsp3) is 0.538. The molecule has 0 aliphatic carbocycles. The Kier molecular flexibility index (Phi) is 11.4. The van der Waals surface area contributed by atoms with E-state index in [0.29, 0.717) is 59.4 Å². The van der Waals surface area contributed by atoms with Crippen LogP contribution in [0.3, 0.4) is 0 Å². The molecule has 0 radical (unpaired) electrons. The Labute approximate surface area is 283 Å². The second-order valence-corrected chi connectivity index (χ2v) is 14.2. The number of aryl methyl sites for hydroxylation is 2. The Morgan fingerprint density at radius 1 is 0.750 bits per heavy atom. The zero-order chi connectivity index (χ0) is 33.9. The van der Waals surface area contributed by atoms with Gasteiger partial charge in [-0.05, 0) is 34.8 Å². The molecule has 6 rings (SSSR count). The van der Waals surface area contributed by atoms with Crippen LogP contribution in [0.1, 0.15) is 36.7 Å². The normalized spacial score (nSPS) is 28.3. The highest BCUT2D eigenvalue weighted by Gasteiger charge is 2.52. The first-order valence-corrected chi connectivity index (χ1v) is 19.3. The van der Waals surface area contributed by atoms with Gasteiger partial charge < -0.3 is 19.7 Å². The second kappa shape index (κ2) is 15.5. The van der Waals surface area contributed by atoms with Crippen molar-refractivity contribution in [3.63, 3.8) is 0 Å². The molecule has 22 heteroatoms. The number of fused-ring (bicyclic) bond motifs is 2. The highest BCUT2D eigenvalue weighted by molar-refractivity contribution is 8.39. The van der Waals surface area contributed by atoms with E-state index in [-0.39, 0.29) is 0 Å². The number of imidazole rings is 2. The van der Waals surface area contributed by atoms with Crippen molar-refractivity contribution in [1.82, 2.24) is 39.0 Å². The molecule has 0 spiro atoms. The first-order chi connectivity index (χ1) is 23.2. The van der Waals surface area contributed by atoms with E-state index in [0.717, 1.165) is 0 Å². The van der Waals surface area contributed by atoms with Crippen molar-refractivity contribution in [3.05, 3.63) is 48.8 Å². The number of rotatable bonds is 14. The Morgan fingerprint density at radius 2 is 1.17 bits per heavy atom. The third-order valence-corrected chi connectivity index (χ3v) is 9.41. The molecule has 2 N–H and O–H groups in total. The van der Waals surface area contributed by atoms with E-state index in [1.54, 1.807) is 0 Å². The minimum Gasteiger partial charge on any atom is -0.394 e. The lowest BCUT2D eigenvalue weighted by molar-refractivity contribution is -0.0427. The number of aliphatic hydroxyl groups excluding tert-OH is 2. The highest BCUT2D eigenvalue weighted by Crippen LogP contribution is 2.42. The van der Waals surface area contributed by atoms with Gasteiger partial charge in [-0.25, -0.2) is 38.7 Å². The van der Waals surface area contributed by atoms with E-state index in [4.69, 9.17) is 18.5 Å². The van der Waals surface area contributed by atoms with Gasteiger partial charge >= 0.3 is 14.5 Å². The van der Waals surface area contributed by atoms with Gasteiger partial charge in [0.2, 0.25) is 0 Å².